The molecule has 6 heteroatoms. The number of benzene rings is 1. The third-order valence-corrected chi connectivity index (χ3v) is 3.52. The van der Waals surface area contributed by atoms with E-state index in [1.54, 1.807) is 18.7 Å². The van der Waals surface area contributed by atoms with Gasteiger partial charge in [-0.05, 0) is 18.9 Å². The van der Waals surface area contributed by atoms with Gasteiger partial charge in [-0.3, -0.25) is 10.00 Å². The van der Waals surface area contributed by atoms with Gasteiger partial charge in [0, 0.05) is 13.1 Å². The van der Waals surface area contributed by atoms with Crippen LogP contribution < -0.4 is 10.6 Å². The topological polar surface area (TPSA) is 79.2 Å². The van der Waals surface area contributed by atoms with E-state index in [0.29, 0.717) is 5.82 Å². The zero-order valence-corrected chi connectivity index (χ0v) is 13.1. The van der Waals surface area contributed by atoms with Crippen molar-refractivity contribution in [1.29, 1.82) is 0 Å². The molecule has 0 aliphatic heterocycles. The molecule has 1 heterocycles. The summed E-state index contributed by atoms with van der Waals surface area (Å²) in [5, 5.41) is 20.1. The molecule has 0 bridgehead atoms. The van der Waals surface area contributed by atoms with Crippen molar-refractivity contribution in [2.24, 2.45) is 7.05 Å². The number of hydrogen-bond acceptors (Lipinski definition) is 3. The lowest BCUT2D eigenvalue weighted by Gasteiger charge is -2.24. The van der Waals surface area contributed by atoms with E-state index in [9.17, 15) is 9.90 Å². The Hall–Kier alpha value is -2.34. The van der Waals surface area contributed by atoms with Gasteiger partial charge >= 0.3 is 6.03 Å². The molecule has 2 amide bonds. The van der Waals surface area contributed by atoms with E-state index in [2.05, 4.69) is 15.7 Å². The smallest absolute Gasteiger partial charge is 0.320 e. The molecule has 0 saturated carbocycles. The van der Waals surface area contributed by atoms with E-state index < -0.39 is 5.60 Å². The minimum atomic E-state index is -1.13. The van der Waals surface area contributed by atoms with Crippen LogP contribution in [0.2, 0.25) is 0 Å². The molecule has 2 rings (SSSR count). The quantitative estimate of drug-likeness (QED) is 0.790. The van der Waals surface area contributed by atoms with E-state index in [1.807, 2.05) is 43.3 Å². The van der Waals surface area contributed by atoms with Gasteiger partial charge in [-0.1, -0.05) is 37.3 Å². The van der Waals surface area contributed by atoms with E-state index in [0.717, 1.165) is 17.7 Å². The highest BCUT2D eigenvalue weighted by Crippen LogP contribution is 2.19. The molecular formula is C16H22N4O2. The van der Waals surface area contributed by atoms with E-state index in [1.165, 1.54) is 0 Å². The number of rotatable bonds is 5. The molecule has 2 aromatic rings. The Labute approximate surface area is 130 Å². The summed E-state index contributed by atoms with van der Waals surface area (Å²) in [7, 11) is 1.77. The van der Waals surface area contributed by atoms with Crippen LogP contribution in [0, 0.1) is 0 Å². The van der Waals surface area contributed by atoms with Crippen molar-refractivity contribution < 1.29 is 9.90 Å². The predicted molar refractivity (Wildman–Crippen MR) is 85.6 cm³/mol. The summed E-state index contributed by atoms with van der Waals surface area (Å²) >= 11 is 0. The zero-order chi connectivity index (χ0) is 16.2. The molecule has 0 fully saturated rings. The lowest BCUT2D eigenvalue weighted by Crippen LogP contribution is -2.40. The van der Waals surface area contributed by atoms with Crippen molar-refractivity contribution in [1.82, 2.24) is 15.1 Å². The Morgan fingerprint density at radius 2 is 2.05 bits per heavy atom. The Morgan fingerprint density at radius 3 is 2.64 bits per heavy atom. The Kier molecular flexibility index (Phi) is 4.82. The van der Waals surface area contributed by atoms with E-state index in [4.69, 9.17) is 0 Å². The average Bonchev–Trinajstić information content (AvgIpc) is 2.86. The van der Waals surface area contributed by atoms with E-state index in [-0.39, 0.29) is 12.6 Å². The SMILES string of the molecule is CCc1cc(NC(=O)NCC(C)(O)c2ccccc2)n(C)n1. The van der Waals surface area contributed by atoms with Gasteiger partial charge in [0.15, 0.2) is 0 Å². The van der Waals surface area contributed by atoms with Crippen LogP contribution in [0.5, 0.6) is 0 Å². The number of nitrogens with one attached hydrogen (secondary N) is 2. The molecule has 0 spiro atoms. The van der Waals surface area contributed by atoms with Gasteiger partial charge in [-0.15, -0.1) is 0 Å². The number of aryl methyl sites for hydroxylation is 2. The first-order valence-corrected chi connectivity index (χ1v) is 7.28. The Bertz CT molecular complexity index is 635. The fraction of sp³-hybridized carbons (Fsp3) is 0.375. The first-order valence-electron chi connectivity index (χ1n) is 7.28. The average molecular weight is 302 g/mol. The largest absolute Gasteiger partial charge is 0.384 e. The zero-order valence-electron chi connectivity index (χ0n) is 13.1. The Balaban J connectivity index is 1.93. The van der Waals surface area contributed by atoms with Gasteiger partial charge in [-0.25, -0.2) is 4.79 Å². The number of carbonyl (C=O) groups excluding carboxylic acids is 1. The summed E-state index contributed by atoms with van der Waals surface area (Å²) in [5.41, 5.74) is 0.540. The second-order valence-electron chi connectivity index (χ2n) is 5.45. The number of amides is 2. The highest BCUT2D eigenvalue weighted by Gasteiger charge is 2.23. The Morgan fingerprint density at radius 1 is 1.36 bits per heavy atom. The van der Waals surface area contributed by atoms with Crippen molar-refractivity contribution in [2.45, 2.75) is 25.9 Å². The predicted octanol–water partition coefficient (Wildman–Crippen LogP) is 2.01. The number of carbonyl (C=O) groups is 1. The summed E-state index contributed by atoms with van der Waals surface area (Å²) in [5.74, 6) is 0.619. The van der Waals surface area contributed by atoms with Crippen molar-refractivity contribution in [3.8, 4) is 0 Å². The monoisotopic (exact) mass is 302 g/mol. The number of hydrogen-bond donors (Lipinski definition) is 3. The lowest BCUT2D eigenvalue weighted by atomic mass is 9.96. The summed E-state index contributed by atoms with van der Waals surface area (Å²) in [6.45, 7) is 3.78. The van der Waals surface area contributed by atoms with Crippen LogP contribution in [-0.4, -0.2) is 27.5 Å². The molecule has 0 aliphatic carbocycles. The van der Waals surface area contributed by atoms with Crippen molar-refractivity contribution >= 4 is 11.8 Å². The number of aliphatic hydroxyl groups is 1. The third-order valence-electron chi connectivity index (χ3n) is 3.52. The van der Waals surface area contributed by atoms with Crippen molar-refractivity contribution in [2.75, 3.05) is 11.9 Å². The second-order valence-corrected chi connectivity index (χ2v) is 5.45. The second kappa shape index (κ2) is 6.62. The van der Waals surface area contributed by atoms with Crippen LogP contribution in [-0.2, 0) is 19.1 Å². The summed E-state index contributed by atoms with van der Waals surface area (Å²) in [6.07, 6.45) is 0.805. The molecule has 1 atom stereocenters. The maximum atomic E-state index is 12.0. The number of anilines is 1. The molecule has 0 radical (unpaired) electrons. The van der Waals surface area contributed by atoms with Crippen LogP contribution in [0.4, 0.5) is 10.6 Å². The molecule has 0 aliphatic rings. The third kappa shape index (κ3) is 3.85. The molecule has 3 N–H and O–H groups in total. The van der Waals surface area contributed by atoms with Crippen LogP contribution in [0.1, 0.15) is 25.1 Å². The van der Waals surface area contributed by atoms with E-state index >= 15 is 0 Å². The van der Waals surface area contributed by atoms with Crippen molar-refractivity contribution in [3.05, 3.63) is 47.7 Å². The van der Waals surface area contributed by atoms with Crippen LogP contribution in [0.3, 0.4) is 0 Å². The van der Waals surface area contributed by atoms with Crippen LogP contribution in [0.25, 0.3) is 0 Å². The molecule has 6 nitrogen and oxygen atoms in total. The van der Waals surface area contributed by atoms with Gasteiger partial charge in [0.2, 0.25) is 0 Å². The molecule has 0 saturated heterocycles. The summed E-state index contributed by atoms with van der Waals surface area (Å²) in [4.78, 5) is 12.0. The van der Waals surface area contributed by atoms with Crippen LogP contribution >= 0.6 is 0 Å². The van der Waals surface area contributed by atoms with Gasteiger partial charge in [0.25, 0.3) is 0 Å². The first kappa shape index (κ1) is 16.0. The molecule has 22 heavy (non-hydrogen) atoms. The van der Waals surface area contributed by atoms with Gasteiger partial charge < -0.3 is 10.4 Å². The molecule has 1 unspecified atom stereocenters. The minimum absolute atomic E-state index is 0.112. The molecular weight excluding hydrogens is 280 g/mol. The first-order chi connectivity index (χ1) is 10.4. The fourth-order valence-corrected chi connectivity index (χ4v) is 2.13. The maximum Gasteiger partial charge on any atom is 0.320 e. The van der Waals surface area contributed by atoms with Gasteiger partial charge in [0.05, 0.1) is 12.2 Å². The van der Waals surface area contributed by atoms with Gasteiger partial charge in [0.1, 0.15) is 11.4 Å². The fourth-order valence-electron chi connectivity index (χ4n) is 2.13. The molecule has 1 aromatic carbocycles. The lowest BCUT2D eigenvalue weighted by molar-refractivity contribution is 0.0599. The summed E-state index contributed by atoms with van der Waals surface area (Å²) < 4.78 is 1.62. The normalized spacial score (nSPS) is 13.5. The number of urea groups is 1. The highest BCUT2D eigenvalue weighted by molar-refractivity contribution is 5.88. The number of aromatic nitrogens is 2. The number of nitrogens with zero attached hydrogens (tertiary/aromatic N) is 2. The van der Waals surface area contributed by atoms with Gasteiger partial charge in [-0.2, -0.15) is 5.10 Å². The van der Waals surface area contributed by atoms with Crippen LogP contribution in [0.15, 0.2) is 36.4 Å². The molecule has 118 valence electrons. The minimum Gasteiger partial charge on any atom is -0.384 e. The maximum absolute atomic E-state index is 12.0. The standard InChI is InChI=1S/C16H22N4O2/c1-4-13-10-14(20(3)19-13)18-15(21)17-11-16(2,22)12-8-6-5-7-9-12/h5-10,22H,4,11H2,1-3H3,(H2,17,18,21). The molecule has 1 aromatic heterocycles. The highest BCUT2D eigenvalue weighted by atomic mass is 16.3. The summed E-state index contributed by atoms with van der Waals surface area (Å²) in [6, 6.07) is 10.7. The van der Waals surface area contributed by atoms with Crippen molar-refractivity contribution in [3.63, 3.8) is 0 Å².